The van der Waals surface area contributed by atoms with E-state index in [0.29, 0.717) is 0 Å². The third-order valence-electron chi connectivity index (χ3n) is 5.51. The number of hydrogen-bond donors (Lipinski definition) is 0. The summed E-state index contributed by atoms with van der Waals surface area (Å²) in [5.41, 5.74) is 3.83. The van der Waals surface area contributed by atoms with Gasteiger partial charge >= 0.3 is 0 Å². The topological polar surface area (TPSA) is 51.7 Å². The highest BCUT2D eigenvalue weighted by atomic mass is 32.2. The maximum Gasteiger partial charge on any atom is 0.254 e. The van der Waals surface area contributed by atoms with E-state index >= 15 is 0 Å². The molecule has 1 unspecified atom stereocenters. The lowest BCUT2D eigenvalue weighted by atomic mass is 10.0. The molecular weight excluding hydrogens is 428 g/mol. The molecule has 1 fully saturated rings. The number of amides is 1. The summed E-state index contributed by atoms with van der Waals surface area (Å²) in [6, 6.07) is 13.7. The molecule has 162 valence electrons. The molecule has 0 spiro atoms. The molecule has 0 radical (unpaired) electrons. The predicted molar refractivity (Wildman–Crippen MR) is 125 cm³/mol. The summed E-state index contributed by atoms with van der Waals surface area (Å²) >= 11 is 3.32. The second kappa shape index (κ2) is 9.75. The Morgan fingerprint density at radius 1 is 1.23 bits per heavy atom. The van der Waals surface area contributed by atoms with Crippen LogP contribution in [-0.2, 0) is 5.75 Å². The van der Waals surface area contributed by atoms with Crippen LogP contribution >= 0.6 is 23.1 Å². The number of nitrogens with zero attached hydrogens (tertiary/aromatic N) is 2. The van der Waals surface area contributed by atoms with Crippen molar-refractivity contribution in [3.8, 4) is 11.5 Å². The summed E-state index contributed by atoms with van der Waals surface area (Å²) in [5, 5.41) is 2.05. The first kappa shape index (κ1) is 21.7. The van der Waals surface area contributed by atoms with Gasteiger partial charge in [-0.1, -0.05) is 30.0 Å². The van der Waals surface area contributed by atoms with Gasteiger partial charge in [0.05, 0.1) is 20.3 Å². The van der Waals surface area contributed by atoms with Crippen molar-refractivity contribution in [1.29, 1.82) is 0 Å². The molecule has 1 aromatic heterocycles. The van der Waals surface area contributed by atoms with Crippen molar-refractivity contribution in [3.05, 3.63) is 70.2 Å². The average Bonchev–Trinajstić information content (AvgIpc) is 3.46. The maximum absolute atomic E-state index is 13.7. The fraction of sp³-hybridized carbons (Fsp3) is 0.333. The molecule has 2 heterocycles. The Hall–Kier alpha value is -2.51. The number of ether oxygens (including phenoxy) is 2. The highest BCUT2D eigenvalue weighted by Gasteiger charge is 2.33. The van der Waals surface area contributed by atoms with E-state index in [1.54, 1.807) is 37.3 Å². The molecule has 0 N–H and O–H groups in total. The van der Waals surface area contributed by atoms with Crippen molar-refractivity contribution >= 4 is 29.0 Å². The fourth-order valence-electron chi connectivity index (χ4n) is 3.98. The molecule has 1 aliphatic rings. The number of aryl methyl sites for hydroxylation is 1. The van der Waals surface area contributed by atoms with Crippen molar-refractivity contribution in [2.75, 3.05) is 20.8 Å². The quantitative estimate of drug-likeness (QED) is 0.426. The Bertz CT molecular complexity index is 1070. The molecule has 1 atom stereocenters. The molecule has 7 heteroatoms. The number of aromatic nitrogens is 1. The van der Waals surface area contributed by atoms with Crippen LogP contribution in [0.1, 0.15) is 46.1 Å². The number of hydrogen-bond acceptors (Lipinski definition) is 6. The van der Waals surface area contributed by atoms with E-state index in [1.807, 2.05) is 54.3 Å². The first-order valence-corrected chi connectivity index (χ1v) is 12.1. The van der Waals surface area contributed by atoms with Gasteiger partial charge in [-0.05, 0) is 49.6 Å². The van der Waals surface area contributed by atoms with E-state index in [-0.39, 0.29) is 11.9 Å². The van der Waals surface area contributed by atoms with Gasteiger partial charge in [-0.15, -0.1) is 11.3 Å². The number of thioether (sulfide) groups is 1. The van der Waals surface area contributed by atoms with Crippen LogP contribution in [0.3, 0.4) is 0 Å². The van der Waals surface area contributed by atoms with Gasteiger partial charge in [-0.25, -0.2) is 4.98 Å². The number of likely N-dealkylation sites (tertiary alicyclic amines) is 1. The Balaban J connectivity index is 1.59. The first-order chi connectivity index (χ1) is 15.1. The Morgan fingerprint density at radius 2 is 2.06 bits per heavy atom. The summed E-state index contributed by atoms with van der Waals surface area (Å²) in [5.74, 6) is 2.34. The van der Waals surface area contributed by atoms with E-state index in [1.165, 1.54) is 0 Å². The number of benzene rings is 2. The predicted octanol–water partition coefficient (Wildman–Crippen LogP) is 5.74. The SMILES string of the molecule is COc1ccc(OC)c(C2CCCN2C(=O)c2ccccc2CSc2nc(C)cs2)c1. The van der Waals surface area contributed by atoms with Crippen LogP contribution in [0.15, 0.2) is 52.2 Å². The molecule has 31 heavy (non-hydrogen) atoms. The maximum atomic E-state index is 13.7. The fourth-order valence-corrected chi connectivity index (χ4v) is 5.83. The van der Waals surface area contributed by atoms with E-state index < -0.39 is 0 Å². The van der Waals surface area contributed by atoms with Gasteiger partial charge in [-0.3, -0.25) is 4.79 Å². The Morgan fingerprint density at radius 3 is 2.81 bits per heavy atom. The summed E-state index contributed by atoms with van der Waals surface area (Å²) in [6.45, 7) is 2.73. The van der Waals surface area contributed by atoms with Crippen LogP contribution in [0.5, 0.6) is 11.5 Å². The number of carbonyl (C=O) groups excluding carboxylic acids is 1. The number of thiazole rings is 1. The molecule has 0 saturated carbocycles. The van der Waals surface area contributed by atoms with Crippen LogP contribution < -0.4 is 9.47 Å². The van der Waals surface area contributed by atoms with Crippen molar-refractivity contribution in [2.45, 2.75) is 35.9 Å². The molecule has 3 aromatic rings. The van der Waals surface area contributed by atoms with E-state index in [0.717, 1.165) is 63.4 Å². The third kappa shape index (κ3) is 4.72. The van der Waals surface area contributed by atoms with Gasteiger partial charge in [0.2, 0.25) is 0 Å². The summed E-state index contributed by atoms with van der Waals surface area (Å²) in [6.07, 6.45) is 1.87. The molecule has 1 aliphatic heterocycles. The minimum atomic E-state index is -0.0279. The third-order valence-corrected chi connectivity index (χ3v) is 7.69. The minimum Gasteiger partial charge on any atom is -0.497 e. The van der Waals surface area contributed by atoms with Gasteiger partial charge in [0.15, 0.2) is 0 Å². The molecule has 1 saturated heterocycles. The highest BCUT2D eigenvalue weighted by molar-refractivity contribution is 8.00. The zero-order valence-corrected chi connectivity index (χ0v) is 19.6. The van der Waals surface area contributed by atoms with Gasteiger partial charge in [-0.2, -0.15) is 0 Å². The number of carbonyl (C=O) groups is 1. The van der Waals surface area contributed by atoms with Gasteiger partial charge < -0.3 is 14.4 Å². The molecule has 5 nitrogen and oxygen atoms in total. The average molecular weight is 455 g/mol. The normalized spacial score (nSPS) is 15.8. The molecule has 0 aliphatic carbocycles. The Labute approximate surface area is 191 Å². The molecule has 0 bridgehead atoms. The van der Waals surface area contributed by atoms with Crippen LogP contribution in [0.4, 0.5) is 0 Å². The van der Waals surface area contributed by atoms with Gasteiger partial charge in [0.25, 0.3) is 5.91 Å². The van der Waals surface area contributed by atoms with Crippen molar-refractivity contribution in [2.24, 2.45) is 0 Å². The van der Waals surface area contributed by atoms with E-state index in [9.17, 15) is 4.79 Å². The minimum absolute atomic E-state index is 0.0279. The lowest BCUT2D eigenvalue weighted by Crippen LogP contribution is -2.31. The number of rotatable bonds is 7. The largest absolute Gasteiger partial charge is 0.497 e. The first-order valence-electron chi connectivity index (χ1n) is 10.3. The van der Waals surface area contributed by atoms with Crippen LogP contribution in [0, 0.1) is 6.92 Å². The lowest BCUT2D eigenvalue weighted by Gasteiger charge is -2.27. The van der Waals surface area contributed by atoms with Crippen LogP contribution in [-0.4, -0.2) is 36.6 Å². The van der Waals surface area contributed by atoms with E-state index in [4.69, 9.17) is 9.47 Å². The van der Waals surface area contributed by atoms with E-state index in [2.05, 4.69) is 10.4 Å². The summed E-state index contributed by atoms with van der Waals surface area (Å²) in [7, 11) is 3.32. The molecule has 2 aromatic carbocycles. The smallest absolute Gasteiger partial charge is 0.254 e. The zero-order valence-electron chi connectivity index (χ0n) is 18.0. The van der Waals surface area contributed by atoms with Crippen LogP contribution in [0.2, 0.25) is 0 Å². The second-order valence-corrected chi connectivity index (χ2v) is 9.55. The molecule has 1 amide bonds. The monoisotopic (exact) mass is 454 g/mol. The standard InChI is InChI=1S/C24H26N2O3S2/c1-16-14-30-24(25-16)31-15-17-7-4-5-8-19(17)23(27)26-12-6-9-21(26)20-13-18(28-2)10-11-22(20)29-3/h4-5,7-8,10-11,13-14,21H,6,9,12,15H2,1-3H3. The summed E-state index contributed by atoms with van der Waals surface area (Å²) < 4.78 is 12.1. The van der Waals surface area contributed by atoms with Gasteiger partial charge in [0.1, 0.15) is 15.8 Å². The van der Waals surface area contributed by atoms with Crippen molar-refractivity contribution in [1.82, 2.24) is 9.88 Å². The number of methoxy groups -OCH3 is 2. The second-order valence-electron chi connectivity index (χ2n) is 7.47. The van der Waals surface area contributed by atoms with Crippen molar-refractivity contribution < 1.29 is 14.3 Å². The highest BCUT2D eigenvalue weighted by Crippen LogP contribution is 2.40. The summed E-state index contributed by atoms with van der Waals surface area (Å²) in [4.78, 5) is 20.2. The molecule has 4 rings (SSSR count). The lowest BCUT2D eigenvalue weighted by molar-refractivity contribution is 0.0733. The Kier molecular flexibility index (Phi) is 6.83. The van der Waals surface area contributed by atoms with Gasteiger partial charge in [0, 0.05) is 34.5 Å². The zero-order chi connectivity index (χ0) is 21.8. The molecular formula is C24H26N2O3S2. The van der Waals surface area contributed by atoms with Crippen LogP contribution in [0.25, 0.3) is 0 Å². The van der Waals surface area contributed by atoms with Crippen molar-refractivity contribution in [3.63, 3.8) is 0 Å².